The molecular weight excluding hydrogens is 721 g/mol. The normalized spacial score (nSPS) is 12.3. The average molecular weight is 779 g/mol. The summed E-state index contributed by atoms with van der Waals surface area (Å²) in [7, 11) is 0. The second-order valence-corrected chi connectivity index (χ2v) is 19.6. The molecule has 8 nitrogen and oxygen atoms in total. The molecule has 0 aliphatic rings. The van der Waals surface area contributed by atoms with Gasteiger partial charge in [0, 0.05) is 33.8 Å². The molecule has 0 bridgehead atoms. The molecule has 0 N–H and O–H groups in total. The summed E-state index contributed by atoms with van der Waals surface area (Å²) in [5, 5.41) is -0.282. The van der Waals surface area contributed by atoms with Gasteiger partial charge in [-0.1, -0.05) is 77.2 Å². The Morgan fingerprint density at radius 1 is 0.519 bits per heavy atom. The number of carbonyl (C=O) groups is 4. The Morgan fingerprint density at radius 2 is 0.815 bits per heavy atom. The van der Waals surface area contributed by atoms with Crippen LogP contribution in [0, 0.1) is 27.7 Å². The van der Waals surface area contributed by atoms with E-state index in [9.17, 15) is 19.2 Å². The number of hydrogen-bond acceptors (Lipinski definition) is 10. The largest absolute Gasteiger partial charge is 0.514 e. The van der Waals surface area contributed by atoms with Crippen molar-refractivity contribution in [1.29, 1.82) is 0 Å². The standard InChI is InChI=1S/C44H58O8S2/c1-25-21-33(41(5,6)7)35(49-39(47)51-43(11,12)13)27(3)31(25)23-53-37(45)29-17-19-30(20-18-29)38(46)54-24-32-26(2)22-34(42(8,9)10)36(28(32)4)50-40(48)52-44(14,15)16/h17-22H,23-24H2,1-16H3. The Morgan fingerprint density at radius 3 is 1.07 bits per heavy atom. The molecule has 0 aliphatic carbocycles. The predicted molar refractivity (Wildman–Crippen MR) is 221 cm³/mol. The summed E-state index contributed by atoms with van der Waals surface area (Å²) < 4.78 is 22.5. The van der Waals surface area contributed by atoms with Gasteiger partial charge >= 0.3 is 12.3 Å². The molecule has 0 atom stereocenters. The van der Waals surface area contributed by atoms with Crippen LogP contribution in [-0.2, 0) is 31.8 Å². The molecule has 0 unspecified atom stereocenters. The van der Waals surface area contributed by atoms with Crippen LogP contribution in [-0.4, -0.2) is 33.7 Å². The topological polar surface area (TPSA) is 105 Å². The summed E-state index contributed by atoms with van der Waals surface area (Å²) in [6.45, 7) is 30.8. The quantitative estimate of drug-likeness (QED) is 0.162. The van der Waals surface area contributed by atoms with Gasteiger partial charge in [0.15, 0.2) is 0 Å². The third kappa shape index (κ3) is 12.1. The van der Waals surface area contributed by atoms with Crippen molar-refractivity contribution < 1.29 is 38.1 Å². The molecule has 294 valence electrons. The fourth-order valence-corrected chi connectivity index (χ4v) is 7.77. The molecule has 3 rings (SSSR count). The number of carbonyl (C=O) groups excluding carboxylic acids is 4. The molecule has 54 heavy (non-hydrogen) atoms. The second kappa shape index (κ2) is 16.9. The average Bonchev–Trinajstić information content (AvgIpc) is 3.00. The molecule has 0 aromatic heterocycles. The van der Waals surface area contributed by atoms with E-state index in [1.54, 1.807) is 65.8 Å². The highest BCUT2D eigenvalue weighted by Crippen LogP contribution is 2.41. The number of benzene rings is 3. The SMILES string of the molecule is Cc1cc(C(C)(C)C)c(OC(=O)OC(C)(C)C)c(C)c1CSC(=O)c1ccc(C(=O)SCc2c(C)cc(C(C)(C)C)c(OC(=O)OC(C)(C)C)c2C)cc1. The number of rotatable bonds is 8. The molecule has 0 saturated heterocycles. The number of aryl methyl sites for hydroxylation is 2. The van der Waals surface area contributed by atoms with E-state index in [2.05, 4.69) is 41.5 Å². The number of hydrogen-bond donors (Lipinski definition) is 0. The van der Waals surface area contributed by atoms with E-state index in [4.69, 9.17) is 18.9 Å². The monoisotopic (exact) mass is 778 g/mol. The van der Waals surface area contributed by atoms with Gasteiger partial charge in [-0.25, -0.2) is 9.59 Å². The van der Waals surface area contributed by atoms with Crippen LogP contribution in [0.5, 0.6) is 11.5 Å². The van der Waals surface area contributed by atoms with Gasteiger partial charge < -0.3 is 18.9 Å². The van der Waals surface area contributed by atoms with Crippen molar-refractivity contribution in [3.63, 3.8) is 0 Å². The Kier molecular flexibility index (Phi) is 14.0. The van der Waals surface area contributed by atoms with E-state index in [0.29, 0.717) is 34.1 Å². The van der Waals surface area contributed by atoms with E-state index in [1.807, 2.05) is 39.8 Å². The molecule has 0 saturated carbocycles. The van der Waals surface area contributed by atoms with Crippen molar-refractivity contribution in [3.05, 3.63) is 92.0 Å². The minimum absolute atomic E-state index is 0.141. The first-order valence-corrected chi connectivity index (χ1v) is 20.1. The van der Waals surface area contributed by atoms with Crippen molar-refractivity contribution in [3.8, 4) is 11.5 Å². The zero-order valence-corrected chi connectivity index (χ0v) is 36.6. The van der Waals surface area contributed by atoms with Gasteiger partial charge in [-0.15, -0.1) is 0 Å². The van der Waals surface area contributed by atoms with Crippen molar-refractivity contribution >= 4 is 46.1 Å². The fraction of sp³-hybridized carbons (Fsp3) is 0.500. The van der Waals surface area contributed by atoms with Gasteiger partial charge in [0.05, 0.1) is 0 Å². The van der Waals surface area contributed by atoms with E-state index < -0.39 is 23.5 Å². The van der Waals surface area contributed by atoms with E-state index >= 15 is 0 Å². The fourth-order valence-electron chi connectivity index (χ4n) is 5.72. The summed E-state index contributed by atoms with van der Waals surface area (Å²) in [5.41, 5.74) is 6.05. The smallest absolute Gasteiger partial charge is 0.428 e. The summed E-state index contributed by atoms with van der Waals surface area (Å²) in [6, 6.07) is 10.7. The predicted octanol–water partition coefficient (Wildman–Crippen LogP) is 12.3. The van der Waals surface area contributed by atoms with Crippen molar-refractivity contribution in [2.24, 2.45) is 0 Å². The van der Waals surface area contributed by atoms with Crippen molar-refractivity contribution in [1.82, 2.24) is 0 Å². The molecule has 0 aliphatic heterocycles. The van der Waals surface area contributed by atoms with Gasteiger partial charge in [-0.05, 0) is 138 Å². The van der Waals surface area contributed by atoms with Gasteiger partial charge in [-0.2, -0.15) is 0 Å². The van der Waals surface area contributed by atoms with Crippen LogP contribution < -0.4 is 9.47 Å². The lowest BCUT2D eigenvalue weighted by atomic mass is 9.83. The van der Waals surface area contributed by atoms with Crippen LogP contribution in [0.1, 0.15) is 148 Å². The van der Waals surface area contributed by atoms with Crippen LogP contribution >= 0.6 is 23.5 Å². The molecule has 3 aromatic rings. The first kappa shape index (κ1) is 44.6. The van der Waals surface area contributed by atoms with Gasteiger partial charge in [0.25, 0.3) is 0 Å². The third-order valence-corrected chi connectivity index (χ3v) is 10.4. The van der Waals surface area contributed by atoms with Gasteiger partial charge in [0.2, 0.25) is 10.2 Å². The van der Waals surface area contributed by atoms with E-state index in [1.165, 1.54) is 0 Å². The molecular formula is C44H58O8S2. The Balaban J connectivity index is 1.77. The first-order valence-electron chi connectivity index (χ1n) is 18.1. The maximum atomic E-state index is 13.4. The molecule has 0 spiro atoms. The zero-order chi connectivity index (χ0) is 41.1. The lowest BCUT2D eigenvalue weighted by molar-refractivity contribution is 0.0188. The van der Waals surface area contributed by atoms with Gasteiger partial charge in [-0.3, -0.25) is 9.59 Å². The van der Waals surface area contributed by atoms with Crippen LogP contribution in [0.2, 0.25) is 0 Å². The number of ether oxygens (including phenoxy) is 4. The van der Waals surface area contributed by atoms with Crippen LogP contribution in [0.3, 0.4) is 0 Å². The maximum absolute atomic E-state index is 13.4. The lowest BCUT2D eigenvalue weighted by Crippen LogP contribution is -2.27. The zero-order valence-electron chi connectivity index (χ0n) is 35.0. The summed E-state index contributed by atoms with van der Waals surface area (Å²) in [4.78, 5) is 52.1. The van der Waals surface area contributed by atoms with Crippen LogP contribution in [0.4, 0.5) is 9.59 Å². The Labute approximate surface area is 330 Å². The lowest BCUT2D eigenvalue weighted by Gasteiger charge is -2.27. The Hall–Kier alpha value is -3.76. The molecule has 0 heterocycles. The van der Waals surface area contributed by atoms with Crippen molar-refractivity contribution in [2.75, 3.05) is 0 Å². The maximum Gasteiger partial charge on any atom is 0.514 e. The molecule has 3 aromatic carbocycles. The molecule has 10 heteroatoms. The first-order chi connectivity index (χ1) is 24.6. The highest BCUT2D eigenvalue weighted by Gasteiger charge is 2.29. The third-order valence-electron chi connectivity index (χ3n) is 8.57. The number of thioether (sulfide) groups is 2. The highest BCUT2D eigenvalue weighted by atomic mass is 32.2. The summed E-state index contributed by atoms with van der Waals surface area (Å²) in [6.07, 6.45) is -1.55. The Bertz CT molecular complexity index is 1760. The van der Waals surface area contributed by atoms with Crippen LogP contribution in [0.25, 0.3) is 0 Å². The van der Waals surface area contributed by atoms with E-state index in [0.717, 1.165) is 68.0 Å². The van der Waals surface area contributed by atoms with Crippen LogP contribution in [0.15, 0.2) is 36.4 Å². The van der Waals surface area contributed by atoms with Crippen molar-refractivity contribution in [2.45, 2.75) is 144 Å². The second-order valence-electron chi connectivity index (χ2n) is 17.7. The summed E-state index contributed by atoms with van der Waals surface area (Å²) >= 11 is 2.30. The molecule has 0 amide bonds. The summed E-state index contributed by atoms with van der Waals surface area (Å²) in [5.74, 6) is 1.64. The van der Waals surface area contributed by atoms with Gasteiger partial charge in [0.1, 0.15) is 22.7 Å². The minimum Gasteiger partial charge on any atom is -0.428 e. The highest BCUT2D eigenvalue weighted by molar-refractivity contribution is 8.13. The molecule has 0 fully saturated rings. The van der Waals surface area contributed by atoms with E-state index in [-0.39, 0.29) is 21.1 Å². The minimum atomic E-state index is -0.775. The molecule has 0 radical (unpaired) electrons.